The Balaban J connectivity index is 2.10. The van der Waals surface area contributed by atoms with Crippen molar-refractivity contribution >= 4 is 5.97 Å². The normalized spacial score (nSPS) is 16.6. The van der Waals surface area contributed by atoms with Crippen LogP contribution in [0.2, 0.25) is 0 Å². The van der Waals surface area contributed by atoms with Crippen LogP contribution in [0.3, 0.4) is 0 Å². The van der Waals surface area contributed by atoms with Gasteiger partial charge in [-0.05, 0) is 89.2 Å². The molecule has 0 bridgehead atoms. The molecular formula is C38H62O2. The zero-order valence-electron chi connectivity index (χ0n) is 27.2. The van der Waals surface area contributed by atoms with Crippen LogP contribution in [-0.2, 0) is 9.53 Å². The molecule has 1 aliphatic carbocycles. The molecule has 0 spiro atoms. The summed E-state index contributed by atoms with van der Waals surface area (Å²) in [5.74, 6) is -0.0770. The van der Waals surface area contributed by atoms with E-state index < -0.39 is 0 Å². The van der Waals surface area contributed by atoms with Gasteiger partial charge in [0.2, 0.25) is 0 Å². The lowest BCUT2D eigenvalue weighted by Gasteiger charge is -2.32. The van der Waals surface area contributed by atoms with E-state index in [0.29, 0.717) is 13.0 Å². The van der Waals surface area contributed by atoms with E-state index in [0.717, 1.165) is 18.4 Å². The van der Waals surface area contributed by atoms with Crippen LogP contribution in [0.25, 0.3) is 0 Å². The largest absolute Gasteiger partial charge is 0.461 e. The summed E-state index contributed by atoms with van der Waals surface area (Å²) in [7, 11) is 0. The lowest BCUT2D eigenvalue weighted by molar-refractivity contribution is -0.142. The summed E-state index contributed by atoms with van der Waals surface area (Å²) in [6.45, 7) is 13.8. The van der Waals surface area contributed by atoms with Crippen molar-refractivity contribution in [3.05, 3.63) is 70.9 Å². The number of unbranched alkanes of at least 4 members (excludes halogenated alkanes) is 11. The molecule has 0 aromatic carbocycles. The average Bonchev–Trinajstić information content (AvgIpc) is 2.90. The molecule has 0 radical (unpaired) electrons. The molecule has 0 aromatic heterocycles. The second kappa shape index (κ2) is 22.6. The van der Waals surface area contributed by atoms with Gasteiger partial charge in [0.25, 0.3) is 0 Å². The van der Waals surface area contributed by atoms with Crippen molar-refractivity contribution in [1.29, 1.82) is 0 Å². The first-order valence-corrected chi connectivity index (χ1v) is 16.5. The third-order valence-corrected chi connectivity index (χ3v) is 8.07. The Morgan fingerprint density at radius 2 is 1.48 bits per heavy atom. The monoisotopic (exact) mass is 550 g/mol. The van der Waals surface area contributed by atoms with Crippen molar-refractivity contribution in [3.63, 3.8) is 0 Å². The third-order valence-electron chi connectivity index (χ3n) is 8.07. The van der Waals surface area contributed by atoms with Crippen molar-refractivity contribution in [2.75, 3.05) is 6.61 Å². The Kier molecular flexibility index (Phi) is 20.3. The molecule has 0 aromatic rings. The zero-order chi connectivity index (χ0) is 29.5. The van der Waals surface area contributed by atoms with E-state index in [9.17, 15) is 4.79 Å². The van der Waals surface area contributed by atoms with E-state index in [4.69, 9.17) is 4.74 Å². The van der Waals surface area contributed by atoms with Gasteiger partial charge in [-0.3, -0.25) is 4.79 Å². The van der Waals surface area contributed by atoms with Crippen LogP contribution >= 0.6 is 0 Å². The van der Waals surface area contributed by atoms with Crippen LogP contribution in [0.4, 0.5) is 0 Å². The number of carbonyl (C=O) groups is 1. The summed E-state index contributed by atoms with van der Waals surface area (Å²) in [6.07, 6.45) is 38.3. The summed E-state index contributed by atoms with van der Waals surface area (Å²) < 4.78 is 5.41. The van der Waals surface area contributed by atoms with Crippen LogP contribution in [0.5, 0.6) is 0 Å². The quantitative estimate of drug-likeness (QED) is 0.0615. The van der Waals surface area contributed by atoms with Gasteiger partial charge in [0, 0.05) is 6.42 Å². The minimum atomic E-state index is -0.0770. The number of carbonyl (C=O) groups excluding carboxylic acids is 1. The highest BCUT2D eigenvalue weighted by molar-refractivity contribution is 5.69. The molecule has 0 saturated carbocycles. The standard InChI is InChI=1S/C38H62O2/c1-7-8-9-10-11-12-13-14-15-16-17-18-19-20-21-27-37(39)40-32-30-34(3)25-22-24-33(2)28-29-36-35(4)26-23-31-38(36,5)6/h11-12,22,24-25,28-30H,7-10,13-21,23,26-27,31-32H2,1-6H3/b12-11+,25-22+,29-28+,33-24+,34-30+. The van der Waals surface area contributed by atoms with E-state index >= 15 is 0 Å². The van der Waals surface area contributed by atoms with E-state index in [2.05, 4.69) is 77.2 Å². The number of rotatable bonds is 21. The van der Waals surface area contributed by atoms with Crippen LogP contribution in [0, 0.1) is 5.41 Å². The van der Waals surface area contributed by atoms with Gasteiger partial charge >= 0.3 is 5.97 Å². The van der Waals surface area contributed by atoms with Crippen LogP contribution < -0.4 is 0 Å². The first kappa shape index (κ1) is 35.9. The Morgan fingerprint density at radius 3 is 2.12 bits per heavy atom. The highest BCUT2D eigenvalue weighted by Crippen LogP contribution is 2.40. The van der Waals surface area contributed by atoms with Gasteiger partial charge in [-0.15, -0.1) is 0 Å². The summed E-state index contributed by atoms with van der Waals surface area (Å²) in [4.78, 5) is 12.0. The molecule has 0 saturated heterocycles. The Morgan fingerprint density at radius 1 is 0.850 bits per heavy atom. The number of hydrogen-bond acceptors (Lipinski definition) is 2. The van der Waals surface area contributed by atoms with E-state index in [1.807, 2.05) is 13.0 Å². The molecule has 0 fully saturated rings. The van der Waals surface area contributed by atoms with Crippen molar-refractivity contribution in [3.8, 4) is 0 Å². The van der Waals surface area contributed by atoms with Crippen molar-refractivity contribution in [2.24, 2.45) is 5.41 Å². The Hall–Kier alpha value is -2.09. The summed E-state index contributed by atoms with van der Waals surface area (Å²) in [6, 6.07) is 0. The molecule has 2 heteroatoms. The minimum Gasteiger partial charge on any atom is -0.461 e. The maximum absolute atomic E-state index is 12.0. The molecule has 1 rings (SSSR count). The van der Waals surface area contributed by atoms with Crippen molar-refractivity contribution in [1.82, 2.24) is 0 Å². The molecule has 0 N–H and O–H groups in total. The lowest BCUT2D eigenvalue weighted by atomic mass is 9.72. The summed E-state index contributed by atoms with van der Waals surface area (Å²) in [5.41, 5.74) is 5.64. The van der Waals surface area contributed by atoms with Gasteiger partial charge in [0.15, 0.2) is 0 Å². The maximum atomic E-state index is 12.0. The first-order valence-electron chi connectivity index (χ1n) is 16.5. The van der Waals surface area contributed by atoms with E-state index in [1.54, 1.807) is 0 Å². The van der Waals surface area contributed by atoms with Gasteiger partial charge in [-0.1, -0.05) is 131 Å². The molecular weight excluding hydrogens is 488 g/mol. The number of allylic oxidation sites excluding steroid dienone is 11. The predicted molar refractivity (Wildman–Crippen MR) is 177 cm³/mol. The fraction of sp³-hybridized carbons (Fsp3) is 0.658. The smallest absolute Gasteiger partial charge is 0.306 e. The second-order valence-corrected chi connectivity index (χ2v) is 12.5. The van der Waals surface area contributed by atoms with Gasteiger partial charge in [-0.25, -0.2) is 0 Å². The topological polar surface area (TPSA) is 26.3 Å². The average molecular weight is 551 g/mol. The van der Waals surface area contributed by atoms with Crippen molar-refractivity contribution in [2.45, 2.75) is 151 Å². The maximum Gasteiger partial charge on any atom is 0.306 e. The molecule has 0 unspecified atom stereocenters. The van der Waals surface area contributed by atoms with E-state index in [-0.39, 0.29) is 11.4 Å². The third kappa shape index (κ3) is 18.3. The minimum absolute atomic E-state index is 0.0770. The van der Waals surface area contributed by atoms with Crippen molar-refractivity contribution < 1.29 is 9.53 Å². The molecule has 40 heavy (non-hydrogen) atoms. The number of esters is 1. The predicted octanol–water partition coefficient (Wildman–Crippen LogP) is 12.1. The SMILES string of the molecule is CCCCC/C=C/CCCCCCCCCCC(=O)OC/C=C(C)/C=C/C=C(C)/C=C/C1=C(C)CCCC1(C)C. The molecule has 226 valence electrons. The van der Waals surface area contributed by atoms with Gasteiger partial charge in [-0.2, -0.15) is 0 Å². The van der Waals surface area contributed by atoms with Gasteiger partial charge in [0.05, 0.1) is 0 Å². The highest BCUT2D eigenvalue weighted by Gasteiger charge is 2.26. The first-order chi connectivity index (χ1) is 19.3. The second-order valence-electron chi connectivity index (χ2n) is 12.5. The van der Waals surface area contributed by atoms with Crippen LogP contribution in [0.1, 0.15) is 151 Å². The fourth-order valence-electron chi connectivity index (χ4n) is 5.38. The van der Waals surface area contributed by atoms with Gasteiger partial charge < -0.3 is 4.74 Å². The molecule has 0 aliphatic heterocycles. The molecule has 2 nitrogen and oxygen atoms in total. The molecule has 0 amide bonds. The Bertz CT molecular complexity index is 875. The van der Waals surface area contributed by atoms with E-state index in [1.165, 1.54) is 107 Å². The highest BCUT2D eigenvalue weighted by atomic mass is 16.5. The number of hydrogen-bond donors (Lipinski definition) is 0. The van der Waals surface area contributed by atoms with Gasteiger partial charge in [0.1, 0.15) is 6.61 Å². The zero-order valence-corrected chi connectivity index (χ0v) is 27.2. The van der Waals surface area contributed by atoms with Crippen LogP contribution in [-0.4, -0.2) is 12.6 Å². The number of ether oxygens (including phenoxy) is 1. The summed E-state index contributed by atoms with van der Waals surface area (Å²) >= 11 is 0. The lowest BCUT2D eigenvalue weighted by Crippen LogP contribution is -2.19. The fourth-order valence-corrected chi connectivity index (χ4v) is 5.38. The van der Waals surface area contributed by atoms with Crippen LogP contribution in [0.15, 0.2) is 70.9 Å². The molecule has 0 atom stereocenters. The molecule has 0 heterocycles. The molecule has 1 aliphatic rings. The Labute approximate surface area is 248 Å². The summed E-state index contributed by atoms with van der Waals surface area (Å²) in [5, 5.41) is 0.